The van der Waals surface area contributed by atoms with Crippen molar-refractivity contribution in [1.29, 1.82) is 0 Å². The highest BCUT2D eigenvalue weighted by Gasteiger charge is 2.11. The number of aliphatic imine (C=N–C) groups is 1. The Morgan fingerprint density at radius 1 is 1.25 bits per heavy atom. The van der Waals surface area contributed by atoms with Gasteiger partial charge in [-0.15, -0.1) is 6.58 Å². The smallest absolute Gasteiger partial charge is 0.191 e. The van der Waals surface area contributed by atoms with Crippen LogP contribution in [0.5, 0.6) is 11.5 Å². The van der Waals surface area contributed by atoms with E-state index in [1.54, 1.807) is 14.2 Å². The second-order valence-electron chi connectivity index (χ2n) is 5.95. The lowest BCUT2D eigenvalue weighted by molar-refractivity contribution is 0.352. The van der Waals surface area contributed by atoms with Crippen molar-refractivity contribution in [2.45, 2.75) is 33.7 Å². The van der Waals surface area contributed by atoms with E-state index in [0.717, 1.165) is 48.1 Å². The molecule has 1 aromatic carbocycles. The second-order valence-corrected chi connectivity index (χ2v) is 5.95. The quantitative estimate of drug-likeness (QED) is 0.414. The van der Waals surface area contributed by atoms with Gasteiger partial charge in [-0.1, -0.05) is 19.9 Å². The molecule has 1 rings (SSSR count). The summed E-state index contributed by atoms with van der Waals surface area (Å²) >= 11 is 0. The van der Waals surface area contributed by atoms with Crippen molar-refractivity contribution in [1.82, 2.24) is 10.6 Å². The lowest BCUT2D eigenvalue weighted by Crippen LogP contribution is -2.39. The average molecular weight is 333 g/mol. The van der Waals surface area contributed by atoms with Gasteiger partial charge in [-0.2, -0.15) is 0 Å². The van der Waals surface area contributed by atoms with E-state index in [4.69, 9.17) is 9.47 Å². The molecule has 0 aromatic heterocycles. The summed E-state index contributed by atoms with van der Waals surface area (Å²) in [5.74, 6) is 2.87. The zero-order valence-corrected chi connectivity index (χ0v) is 15.6. The monoisotopic (exact) mass is 333 g/mol. The van der Waals surface area contributed by atoms with Crippen LogP contribution in [0.3, 0.4) is 0 Å². The van der Waals surface area contributed by atoms with Crippen LogP contribution >= 0.6 is 0 Å². The maximum absolute atomic E-state index is 5.47. The zero-order chi connectivity index (χ0) is 17.9. The molecule has 0 bridgehead atoms. The number of hydrogen-bond donors (Lipinski definition) is 2. The Balaban J connectivity index is 3.00. The third-order valence-electron chi connectivity index (χ3n) is 3.42. The van der Waals surface area contributed by atoms with Crippen molar-refractivity contribution >= 4 is 5.96 Å². The molecule has 0 saturated heterocycles. The van der Waals surface area contributed by atoms with Gasteiger partial charge < -0.3 is 20.1 Å². The highest BCUT2D eigenvalue weighted by molar-refractivity contribution is 5.79. The molecule has 5 heteroatoms. The summed E-state index contributed by atoms with van der Waals surface area (Å²) in [4.78, 5) is 4.66. The summed E-state index contributed by atoms with van der Waals surface area (Å²) in [6.45, 7) is 12.5. The summed E-state index contributed by atoms with van der Waals surface area (Å²) in [6, 6.07) is 4.07. The standard InChI is InChI=1S/C19H31N3O2/c1-7-9-16-10-15(11-17(23-5)18(16)24-6)13-22-19(20-8-2)21-12-14(3)4/h7,10-11,14H,1,8-9,12-13H2,2-6H3,(H2,20,21,22). The predicted octanol–water partition coefficient (Wildman–Crippen LogP) is 3.14. The van der Waals surface area contributed by atoms with Crippen LogP contribution in [0.1, 0.15) is 31.9 Å². The fourth-order valence-electron chi connectivity index (χ4n) is 2.32. The molecule has 0 unspecified atom stereocenters. The Hall–Kier alpha value is -2.17. The minimum atomic E-state index is 0.564. The third-order valence-corrected chi connectivity index (χ3v) is 3.42. The van der Waals surface area contributed by atoms with E-state index in [9.17, 15) is 0 Å². The van der Waals surface area contributed by atoms with E-state index in [-0.39, 0.29) is 0 Å². The largest absolute Gasteiger partial charge is 0.493 e. The lowest BCUT2D eigenvalue weighted by Gasteiger charge is -2.15. The Bertz CT molecular complexity index is 554. The molecule has 134 valence electrons. The Kier molecular flexibility index (Phi) is 8.76. The number of ether oxygens (including phenoxy) is 2. The molecule has 0 amide bonds. The van der Waals surface area contributed by atoms with Crippen molar-refractivity contribution in [2.75, 3.05) is 27.3 Å². The first-order valence-electron chi connectivity index (χ1n) is 8.42. The van der Waals surface area contributed by atoms with Crippen molar-refractivity contribution in [3.05, 3.63) is 35.9 Å². The number of benzene rings is 1. The molecule has 0 radical (unpaired) electrons. The maximum Gasteiger partial charge on any atom is 0.191 e. The lowest BCUT2D eigenvalue weighted by atomic mass is 10.1. The first-order valence-corrected chi connectivity index (χ1v) is 8.42. The van der Waals surface area contributed by atoms with Gasteiger partial charge in [0.1, 0.15) is 0 Å². The fourth-order valence-corrected chi connectivity index (χ4v) is 2.32. The summed E-state index contributed by atoms with van der Waals surface area (Å²) in [7, 11) is 3.30. The fraction of sp³-hybridized carbons (Fsp3) is 0.526. The van der Waals surface area contributed by atoms with Gasteiger partial charge in [-0.05, 0) is 37.0 Å². The first-order chi connectivity index (χ1) is 11.5. The highest BCUT2D eigenvalue weighted by atomic mass is 16.5. The molecule has 0 spiro atoms. The van der Waals surface area contributed by atoms with Gasteiger partial charge in [0.05, 0.1) is 20.8 Å². The SMILES string of the molecule is C=CCc1cc(CN=C(NCC)NCC(C)C)cc(OC)c1OC. The summed E-state index contributed by atoms with van der Waals surface area (Å²) in [5.41, 5.74) is 2.13. The molecule has 0 saturated carbocycles. The Morgan fingerprint density at radius 2 is 2.00 bits per heavy atom. The molecule has 0 aliphatic carbocycles. The van der Waals surface area contributed by atoms with Crippen molar-refractivity contribution < 1.29 is 9.47 Å². The number of rotatable bonds is 9. The van der Waals surface area contributed by atoms with Crippen molar-refractivity contribution in [3.8, 4) is 11.5 Å². The first kappa shape index (κ1) is 19.9. The minimum absolute atomic E-state index is 0.564. The molecule has 5 nitrogen and oxygen atoms in total. The molecule has 0 heterocycles. The highest BCUT2D eigenvalue weighted by Crippen LogP contribution is 2.33. The summed E-state index contributed by atoms with van der Waals surface area (Å²) < 4.78 is 10.9. The van der Waals surface area contributed by atoms with Gasteiger partial charge >= 0.3 is 0 Å². The zero-order valence-electron chi connectivity index (χ0n) is 15.6. The van der Waals surface area contributed by atoms with Crippen LogP contribution in [-0.2, 0) is 13.0 Å². The van der Waals surface area contributed by atoms with E-state index in [1.165, 1.54) is 0 Å². The van der Waals surface area contributed by atoms with Crippen LogP contribution in [-0.4, -0.2) is 33.3 Å². The van der Waals surface area contributed by atoms with E-state index >= 15 is 0 Å². The predicted molar refractivity (Wildman–Crippen MR) is 101 cm³/mol. The van der Waals surface area contributed by atoms with Gasteiger partial charge in [-0.3, -0.25) is 0 Å². The van der Waals surface area contributed by atoms with Crippen LogP contribution in [0, 0.1) is 5.92 Å². The van der Waals surface area contributed by atoms with Crippen LogP contribution < -0.4 is 20.1 Å². The number of allylic oxidation sites excluding steroid dienone is 1. The number of methoxy groups -OCH3 is 2. The molecule has 24 heavy (non-hydrogen) atoms. The van der Waals surface area contributed by atoms with E-state index in [2.05, 4.69) is 49.0 Å². The van der Waals surface area contributed by atoms with Crippen LogP contribution in [0.15, 0.2) is 29.8 Å². The van der Waals surface area contributed by atoms with Gasteiger partial charge in [0.2, 0.25) is 0 Å². The van der Waals surface area contributed by atoms with Gasteiger partial charge in [-0.25, -0.2) is 4.99 Å². The maximum atomic E-state index is 5.47. The molecule has 1 aromatic rings. The number of nitrogens with zero attached hydrogens (tertiary/aromatic N) is 1. The Labute approximate surface area is 146 Å². The molecule has 0 aliphatic heterocycles. The molecule has 2 N–H and O–H groups in total. The molecular formula is C19H31N3O2. The van der Waals surface area contributed by atoms with Gasteiger partial charge in [0.15, 0.2) is 17.5 Å². The molecule has 0 fully saturated rings. The van der Waals surface area contributed by atoms with Crippen LogP contribution in [0.2, 0.25) is 0 Å². The number of guanidine groups is 1. The molecular weight excluding hydrogens is 302 g/mol. The molecule has 0 atom stereocenters. The van der Waals surface area contributed by atoms with E-state index in [0.29, 0.717) is 12.5 Å². The number of nitrogens with one attached hydrogen (secondary N) is 2. The van der Waals surface area contributed by atoms with Crippen molar-refractivity contribution in [2.24, 2.45) is 10.9 Å². The topological polar surface area (TPSA) is 54.9 Å². The third kappa shape index (κ3) is 6.14. The van der Waals surface area contributed by atoms with Gasteiger partial charge in [0, 0.05) is 18.7 Å². The average Bonchev–Trinajstić information content (AvgIpc) is 2.57. The molecule has 0 aliphatic rings. The summed E-state index contributed by atoms with van der Waals surface area (Å²) in [5, 5.41) is 6.61. The van der Waals surface area contributed by atoms with E-state index < -0.39 is 0 Å². The Morgan fingerprint density at radius 3 is 2.54 bits per heavy atom. The number of hydrogen-bond acceptors (Lipinski definition) is 3. The summed E-state index contributed by atoms with van der Waals surface area (Å²) in [6.07, 6.45) is 2.58. The van der Waals surface area contributed by atoms with Crippen LogP contribution in [0.4, 0.5) is 0 Å². The van der Waals surface area contributed by atoms with Crippen LogP contribution in [0.25, 0.3) is 0 Å². The minimum Gasteiger partial charge on any atom is -0.493 e. The second kappa shape index (κ2) is 10.6. The van der Waals surface area contributed by atoms with E-state index in [1.807, 2.05) is 12.1 Å². The van der Waals surface area contributed by atoms with Crippen molar-refractivity contribution in [3.63, 3.8) is 0 Å². The van der Waals surface area contributed by atoms with Gasteiger partial charge in [0.25, 0.3) is 0 Å². The normalized spacial score (nSPS) is 11.3.